The Labute approximate surface area is 146 Å². The minimum Gasteiger partial charge on any atom is -0.497 e. The van der Waals surface area contributed by atoms with E-state index in [2.05, 4.69) is 48.6 Å². The molecular weight excluding hydrogens is 300 g/mol. The van der Waals surface area contributed by atoms with E-state index in [0.717, 1.165) is 43.8 Å². The van der Waals surface area contributed by atoms with Gasteiger partial charge in [-0.15, -0.1) is 0 Å². The standard InChI is InChI=1S/C19H32N4O/c1-5-20-19(22-14-15(2)23(3)17-8-9-17)21-13-12-16-6-10-18(24-4)11-7-16/h6-7,10-11,15,17H,5,8-9,12-14H2,1-4H3,(H2,20,21,22). The molecule has 1 atom stereocenters. The number of ether oxygens (including phenoxy) is 1. The van der Waals surface area contributed by atoms with Gasteiger partial charge in [-0.25, -0.2) is 0 Å². The summed E-state index contributed by atoms with van der Waals surface area (Å²) in [5.41, 5.74) is 1.29. The highest BCUT2D eigenvalue weighted by atomic mass is 16.5. The highest BCUT2D eigenvalue weighted by Gasteiger charge is 2.28. The zero-order valence-corrected chi connectivity index (χ0v) is 15.5. The number of rotatable bonds is 9. The quantitative estimate of drug-likeness (QED) is 0.538. The molecule has 0 heterocycles. The minimum atomic E-state index is 0.481. The van der Waals surface area contributed by atoms with Crippen LogP contribution in [0.15, 0.2) is 29.3 Å². The Morgan fingerprint density at radius 1 is 1.29 bits per heavy atom. The van der Waals surface area contributed by atoms with Crippen LogP contribution in [0.1, 0.15) is 32.3 Å². The van der Waals surface area contributed by atoms with Crippen LogP contribution in [-0.2, 0) is 6.42 Å². The van der Waals surface area contributed by atoms with Gasteiger partial charge in [-0.3, -0.25) is 9.89 Å². The van der Waals surface area contributed by atoms with Gasteiger partial charge in [-0.1, -0.05) is 12.1 Å². The van der Waals surface area contributed by atoms with Gasteiger partial charge >= 0.3 is 0 Å². The number of hydrogen-bond acceptors (Lipinski definition) is 3. The van der Waals surface area contributed by atoms with Crippen LogP contribution < -0.4 is 15.4 Å². The Kier molecular flexibility index (Phi) is 7.37. The normalized spacial score (nSPS) is 16.1. The fraction of sp³-hybridized carbons (Fsp3) is 0.632. The third-order valence-electron chi connectivity index (χ3n) is 4.54. The van der Waals surface area contributed by atoms with E-state index in [4.69, 9.17) is 9.73 Å². The van der Waals surface area contributed by atoms with E-state index in [0.29, 0.717) is 6.04 Å². The maximum Gasteiger partial charge on any atom is 0.191 e. The van der Waals surface area contributed by atoms with E-state index in [1.54, 1.807) is 7.11 Å². The van der Waals surface area contributed by atoms with Gasteiger partial charge in [-0.2, -0.15) is 0 Å². The molecule has 2 N–H and O–H groups in total. The van der Waals surface area contributed by atoms with Crippen molar-refractivity contribution in [2.75, 3.05) is 33.8 Å². The molecule has 0 bridgehead atoms. The Morgan fingerprint density at radius 2 is 2.00 bits per heavy atom. The number of nitrogens with one attached hydrogen (secondary N) is 2. The van der Waals surface area contributed by atoms with E-state index in [-0.39, 0.29) is 0 Å². The van der Waals surface area contributed by atoms with Gasteiger partial charge in [0.2, 0.25) is 0 Å². The Morgan fingerprint density at radius 3 is 2.58 bits per heavy atom. The zero-order valence-electron chi connectivity index (χ0n) is 15.5. The lowest BCUT2D eigenvalue weighted by atomic mass is 10.1. The van der Waals surface area contributed by atoms with Crippen molar-refractivity contribution in [1.82, 2.24) is 15.5 Å². The van der Waals surface area contributed by atoms with E-state index in [1.165, 1.54) is 18.4 Å². The second-order valence-corrected chi connectivity index (χ2v) is 6.49. The summed E-state index contributed by atoms with van der Waals surface area (Å²) >= 11 is 0. The summed E-state index contributed by atoms with van der Waals surface area (Å²) in [6.07, 6.45) is 3.64. The van der Waals surface area contributed by atoms with Crippen molar-refractivity contribution in [3.63, 3.8) is 0 Å². The van der Waals surface area contributed by atoms with E-state index < -0.39 is 0 Å². The third-order valence-corrected chi connectivity index (χ3v) is 4.54. The fourth-order valence-electron chi connectivity index (χ4n) is 2.65. The molecule has 1 aromatic rings. The van der Waals surface area contributed by atoms with Gasteiger partial charge in [-0.05, 0) is 57.9 Å². The van der Waals surface area contributed by atoms with Crippen LogP contribution in [0.3, 0.4) is 0 Å². The first kappa shape index (κ1) is 18.6. The van der Waals surface area contributed by atoms with Crippen molar-refractivity contribution < 1.29 is 4.74 Å². The van der Waals surface area contributed by atoms with Crippen molar-refractivity contribution in [2.45, 2.75) is 45.2 Å². The third kappa shape index (κ3) is 6.04. The Bertz CT molecular complexity index is 511. The van der Waals surface area contributed by atoms with Gasteiger partial charge in [0.05, 0.1) is 13.7 Å². The highest BCUT2D eigenvalue weighted by molar-refractivity contribution is 5.79. The van der Waals surface area contributed by atoms with Crippen LogP contribution in [0.4, 0.5) is 0 Å². The first-order valence-electron chi connectivity index (χ1n) is 9.01. The summed E-state index contributed by atoms with van der Waals surface area (Å²) < 4.78 is 5.19. The van der Waals surface area contributed by atoms with Crippen LogP contribution in [-0.4, -0.2) is 56.7 Å². The Balaban J connectivity index is 1.77. The van der Waals surface area contributed by atoms with Gasteiger partial charge in [0, 0.05) is 25.2 Å². The summed E-state index contributed by atoms with van der Waals surface area (Å²) in [4.78, 5) is 7.18. The largest absolute Gasteiger partial charge is 0.497 e. The van der Waals surface area contributed by atoms with Gasteiger partial charge in [0.1, 0.15) is 5.75 Å². The summed E-state index contributed by atoms with van der Waals surface area (Å²) in [6.45, 7) is 6.92. The molecule has 1 aliphatic rings. The first-order chi connectivity index (χ1) is 11.6. The molecular formula is C19H32N4O. The molecule has 5 nitrogen and oxygen atoms in total. The molecule has 0 radical (unpaired) electrons. The number of likely N-dealkylation sites (N-methyl/N-ethyl adjacent to an activating group) is 1. The highest BCUT2D eigenvalue weighted by Crippen LogP contribution is 2.26. The lowest BCUT2D eigenvalue weighted by molar-refractivity contribution is 0.253. The number of guanidine groups is 1. The van der Waals surface area contributed by atoms with Crippen molar-refractivity contribution in [3.05, 3.63) is 29.8 Å². The number of nitrogens with zero attached hydrogens (tertiary/aromatic N) is 2. The maximum absolute atomic E-state index is 5.19. The number of hydrogen-bond donors (Lipinski definition) is 2. The number of aliphatic imine (C=N–C) groups is 1. The van der Waals surface area contributed by atoms with Crippen molar-refractivity contribution in [3.8, 4) is 5.75 Å². The van der Waals surface area contributed by atoms with E-state index >= 15 is 0 Å². The molecule has 2 rings (SSSR count). The maximum atomic E-state index is 5.19. The lowest BCUT2D eigenvalue weighted by Crippen LogP contribution is -2.40. The lowest BCUT2D eigenvalue weighted by Gasteiger charge is -2.23. The van der Waals surface area contributed by atoms with Crippen LogP contribution in [0.25, 0.3) is 0 Å². The molecule has 1 aliphatic carbocycles. The SMILES string of the molecule is CCNC(=NCC(C)N(C)C1CC1)NCCc1ccc(OC)cc1. The molecule has 1 aromatic carbocycles. The molecule has 0 amide bonds. The van der Waals surface area contributed by atoms with Crippen LogP contribution in [0.5, 0.6) is 5.75 Å². The summed E-state index contributed by atoms with van der Waals surface area (Å²) in [5, 5.41) is 6.75. The topological polar surface area (TPSA) is 48.9 Å². The van der Waals surface area contributed by atoms with Crippen LogP contribution in [0, 0.1) is 0 Å². The summed E-state index contributed by atoms with van der Waals surface area (Å²) in [5.74, 6) is 1.80. The summed E-state index contributed by atoms with van der Waals surface area (Å²) in [6, 6.07) is 9.48. The second-order valence-electron chi connectivity index (χ2n) is 6.49. The van der Waals surface area contributed by atoms with Crippen LogP contribution in [0.2, 0.25) is 0 Å². The minimum absolute atomic E-state index is 0.481. The molecule has 1 unspecified atom stereocenters. The molecule has 1 saturated carbocycles. The molecule has 0 aliphatic heterocycles. The predicted octanol–water partition coefficient (Wildman–Crippen LogP) is 2.28. The van der Waals surface area contributed by atoms with Crippen molar-refractivity contribution in [1.29, 1.82) is 0 Å². The predicted molar refractivity (Wildman–Crippen MR) is 101 cm³/mol. The molecule has 1 fully saturated rings. The smallest absolute Gasteiger partial charge is 0.191 e. The van der Waals surface area contributed by atoms with Crippen molar-refractivity contribution in [2.24, 2.45) is 4.99 Å². The summed E-state index contributed by atoms with van der Waals surface area (Å²) in [7, 11) is 3.90. The molecule has 0 aromatic heterocycles. The molecule has 5 heteroatoms. The Hall–Kier alpha value is -1.75. The fourth-order valence-corrected chi connectivity index (χ4v) is 2.65. The zero-order chi connectivity index (χ0) is 17.4. The van der Waals surface area contributed by atoms with Gasteiger partial charge in [0.25, 0.3) is 0 Å². The number of benzene rings is 1. The van der Waals surface area contributed by atoms with Crippen LogP contribution >= 0.6 is 0 Å². The first-order valence-corrected chi connectivity index (χ1v) is 9.01. The average molecular weight is 332 g/mol. The molecule has 134 valence electrons. The molecule has 24 heavy (non-hydrogen) atoms. The monoisotopic (exact) mass is 332 g/mol. The molecule has 0 spiro atoms. The van der Waals surface area contributed by atoms with Gasteiger partial charge < -0.3 is 15.4 Å². The van der Waals surface area contributed by atoms with E-state index in [9.17, 15) is 0 Å². The van der Waals surface area contributed by atoms with Crippen molar-refractivity contribution >= 4 is 5.96 Å². The molecule has 0 saturated heterocycles. The van der Waals surface area contributed by atoms with Gasteiger partial charge in [0.15, 0.2) is 5.96 Å². The van der Waals surface area contributed by atoms with E-state index in [1.807, 2.05) is 12.1 Å². The average Bonchev–Trinajstić information content (AvgIpc) is 3.44. The second kappa shape index (κ2) is 9.52. The number of methoxy groups -OCH3 is 1.